The fourth-order valence-electron chi connectivity index (χ4n) is 3.51. The van der Waals surface area contributed by atoms with Crippen LogP contribution in [0, 0.1) is 0 Å². The van der Waals surface area contributed by atoms with E-state index < -0.39 is 21.0 Å². The number of rotatable bonds is 4. The van der Waals surface area contributed by atoms with Gasteiger partial charge in [0, 0.05) is 31.0 Å². The number of nitrogens with one attached hydrogen (secondary N) is 1. The van der Waals surface area contributed by atoms with E-state index in [1.807, 2.05) is 13.8 Å². The molecule has 3 aromatic rings. The van der Waals surface area contributed by atoms with E-state index in [1.54, 1.807) is 43.2 Å². The molecule has 0 saturated heterocycles. The van der Waals surface area contributed by atoms with Gasteiger partial charge in [0.05, 0.1) is 12.2 Å². The number of aromatic nitrogens is 3. The molecule has 1 atom stereocenters. The highest BCUT2D eigenvalue weighted by Crippen LogP contribution is 3.02. The van der Waals surface area contributed by atoms with Crippen LogP contribution in [0.2, 0.25) is 0 Å². The quantitative estimate of drug-likeness (QED) is 0.405. The third kappa shape index (κ3) is 4.80. The number of nitrogens with zero attached hydrogens (tertiary/aromatic N) is 4. The summed E-state index contributed by atoms with van der Waals surface area (Å²) < 4.78 is 66.6. The van der Waals surface area contributed by atoms with Gasteiger partial charge in [-0.15, -0.1) is 0 Å². The SMILES string of the molecule is CC.CNc1cc(-c2cnn3c2C(=O)N(c2ccc(S(F)(F)(F)(F)F)cc2)CC3C)ccn1. The van der Waals surface area contributed by atoms with E-state index in [1.165, 1.54) is 4.90 Å². The molecule has 0 aliphatic carbocycles. The molecule has 3 heterocycles. The molecule has 1 aliphatic heterocycles. The van der Waals surface area contributed by atoms with Crippen LogP contribution in [0.25, 0.3) is 11.1 Å². The third-order valence-electron chi connectivity index (χ3n) is 5.03. The van der Waals surface area contributed by atoms with Crippen molar-refractivity contribution in [3.05, 3.63) is 54.5 Å². The molecule has 1 aromatic carbocycles. The third-order valence-corrected chi connectivity index (χ3v) is 6.19. The highest BCUT2D eigenvalue weighted by Gasteiger charge is 2.65. The van der Waals surface area contributed by atoms with Crippen LogP contribution in [-0.4, -0.2) is 34.3 Å². The number of anilines is 2. The molecule has 6 nitrogen and oxygen atoms in total. The highest BCUT2D eigenvalue weighted by molar-refractivity contribution is 8.45. The minimum Gasteiger partial charge on any atom is -0.373 e. The fraction of sp³-hybridized carbons (Fsp3) is 0.286. The molecule has 1 aliphatic rings. The van der Waals surface area contributed by atoms with Gasteiger partial charge in [0.2, 0.25) is 0 Å². The summed E-state index contributed by atoms with van der Waals surface area (Å²) in [6.07, 6.45) is 3.11. The van der Waals surface area contributed by atoms with Gasteiger partial charge in [-0.2, -0.15) is 5.10 Å². The Labute approximate surface area is 188 Å². The summed E-state index contributed by atoms with van der Waals surface area (Å²) in [4.78, 5) is 16.7. The van der Waals surface area contributed by atoms with Crippen molar-refractivity contribution in [3.8, 4) is 11.1 Å². The van der Waals surface area contributed by atoms with Gasteiger partial charge in [-0.1, -0.05) is 33.3 Å². The van der Waals surface area contributed by atoms with Crippen LogP contribution in [0.5, 0.6) is 0 Å². The molecule has 1 unspecified atom stereocenters. The first kappa shape index (κ1) is 24.5. The van der Waals surface area contributed by atoms with E-state index >= 15 is 0 Å². The molecule has 0 bridgehead atoms. The summed E-state index contributed by atoms with van der Waals surface area (Å²) in [5.74, 6) is 0.0886. The lowest BCUT2D eigenvalue weighted by Crippen LogP contribution is -2.42. The first-order chi connectivity index (χ1) is 15.3. The lowest BCUT2D eigenvalue weighted by molar-refractivity contribution is 0.0954. The Morgan fingerprint density at radius 2 is 1.70 bits per heavy atom. The maximum Gasteiger partial charge on any atom is 0.310 e. The van der Waals surface area contributed by atoms with Gasteiger partial charge in [-0.3, -0.25) is 9.48 Å². The van der Waals surface area contributed by atoms with E-state index in [4.69, 9.17) is 0 Å². The lowest BCUT2D eigenvalue weighted by Gasteiger charge is -2.40. The van der Waals surface area contributed by atoms with Gasteiger partial charge in [0.25, 0.3) is 5.91 Å². The van der Waals surface area contributed by atoms with E-state index in [0.29, 0.717) is 29.1 Å². The van der Waals surface area contributed by atoms with Crippen molar-refractivity contribution < 1.29 is 24.2 Å². The Bertz CT molecular complexity index is 1180. The van der Waals surface area contributed by atoms with Crippen molar-refractivity contribution >= 4 is 27.6 Å². The monoisotopic (exact) mass is 489 g/mol. The standard InChI is InChI=1S/C19H18F5N5OS.C2H6/c1-12-11-28(14-3-5-15(6-4-14)31(20,21,22,23)24)19(30)18-16(10-27-29(12)18)13-7-8-26-17(9-13)25-2;1-2/h3-10,12H,11H2,1-2H3,(H,25,26);1-2H3. The van der Waals surface area contributed by atoms with Crippen molar-refractivity contribution in [1.82, 2.24) is 14.8 Å². The van der Waals surface area contributed by atoms with Crippen LogP contribution in [0.15, 0.2) is 53.7 Å². The topological polar surface area (TPSA) is 63.1 Å². The highest BCUT2D eigenvalue weighted by atomic mass is 32.5. The first-order valence-corrected chi connectivity index (χ1v) is 12.1. The summed E-state index contributed by atoms with van der Waals surface area (Å²) in [7, 11) is -8.09. The molecule has 0 spiro atoms. The lowest BCUT2D eigenvalue weighted by atomic mass is 10.0. The van der Waals surface area contributed by atoms with E-state index in [2.05, 4.69) is 15.4 Å². The number of hydrogen-bond acceptors (Lipinski definition) is 4. The average molecular weight is 490 g/mol. The largest absolute Gasteiger partial charge is 0.373 e. The van der Waals surface area contributed by atoms with Crippen molar-refractivity contribution in [2.45, 2.75) is 31.7 Å². The molecule has 12 heteroatoms. The van der Waals surface area contributed by atoms with Gasteiger partial charge in [0.15, 0.2) is 0 Å². The number of carbonyl (C=O) groups excluding carboxylic acids is 1. The van der Waals surface area contributed by atoms with Gasteiger partial charge in [0.1, 0.15) is 16.4 Å². The summed E-state index contributed by atoms with van der Waals surface area (Å²) >= 11 is 0. The first-order valence-electron chi connectivity index (χ1n) is 10.2. The van der Waals surface area contributed by atoms with E-state index in [9.17, 15) is 24.2 Å². The maximum absolute atomic E-state index is 13.3. The Hall–Kier alpha value is -3.15. The van der Waals surface area contributed by atoms with Crippen LogP contribution in [0.3, 0.4) is 0 Å². The fourth-order valence-corrected chi connectivity index (χ4v) is 4.16. The van der Waals surface area contributed by atoms with E-state index in [0.717, 1.165) is 12.1 Å². The minimum absolute atomic E-state index is 0.0893. The van der Waals surface area contributed by atoms with Gasteiger partial charge >= 0.3 is 10.2 Å². The molecule has 1 N–H and O–H groups in total. The molecule has 180 valence electrons. The van der Waals surface area contributed by atoms with E-state index in [-0.39, 0.29) is 24.0 Å². The minimum atomic E-state index is -9.79. The summed E-state index contributed by atoms with van der Waals surface area (Å²) in [6, 6.07) is 5.54. The second-order valence-corrected chi connectivity index (χ2v) is 9.67. The van der Waals surface area contributed by atoms with Gasteiger partial charge < -0.3 is 10.2 Å². The zero-order chi connectivity index (χ0) is 24.7. The molecule has 0 saturated carbocycles. The molecule has 1 amide bonds. The number of carbonyl (C=O) groups is 1. The predicted molar refractivity (Wildman–Crippen MR) is 121 cm³/mol. The second kappa shape index (κ2) is 7.72. The molecule has 2 aromatic heterocycles. The van der Waals surface area contributed by atoms with Crippen molar-refractivity contribution in [2.75, 3.05) is 23.8 Å². The smallest absolute Gasteiger partial charge is 0.310 e. The number of benzene rings is 1. The van der Waals surface area contributed by atoms with Crippen LogP contribution < -0.4 is 10.2 Å². The Morgan fingerprint density at radius 3 is 2.27 bits per heavy atom. The Balaban J connectivity index is 0.00000149. The van der Waals surface area contributed by atoms with Gasteiger partial charge in [-0.05, 0) is 48.9 Å². The number of pyridine rings is 1. The summed E-state index contributed by atoms with van der Waals surface area (Å²) in [5.41, 5.74) is 1.55. The predicted octanol–water partition coefficient (Wildman–Crippen LogP) is 6.89. The number of amides is 1. The van der Waals surface area contributed by atoms with Crippen LogP contribution in [-0.2, 0) is 0 Å². The zero-order valence-corrected chi connectivity index (χ0v) is 19.2. The molecule has 4 rings (SSSR count). The number of halogens is 5. The van der Waals surface area contributed by atoms with Crippen molar-refractivity contribution in [3.63, 3.8) is 0 Å². The Kier molecular flexibility index (Phi) is 5.73. The zero-order valence-electron chi connectivity index (χ0n) is 18.4. The average Bonchev–Trinajstić information content (AvgIpc) is 3.22. The molecular formula is C21H24F5N5OS. The van der Waals surface area contributed by atoms with Crippen LogP contribution >= 0.6 is 10.2 Å². The second-order valence-electron chi connectivity index (χ2n) is 7.26. The molecule has 33 heavy (non-hydrogen) atoms. The summed E-state index contributed by atoms with van der Waals surface area (Å²) in [5, 5.41) is 7.20. The number of hydrogen-bond donors (Lipinski definition) is 1. The maximum atomic E-state index is 13.3. The molecule has 0 fully saturated rings. The molecular weight excluding hydrogens is 465 g/mol. The van der Waals surface area contributed by atoms with Gasteiger partial charge in [-0.25, -0.2) is 4.98 Å². The van der Waals surface area contributed by atoms with Crippen LogP contribution in [0.1, 0.15) is 37.3 Å². The Morgan fingerprint density at radius 1 is 1.06 bits per heavy atom. The van der Waals surface area contributed by atoms with Crippen molar-refractivity contribution in [1.29, 1.82) is 0 Å². The number of fused-ring (bicyclic) bond motifs is 1. The normalized spacial score (nSPS) is 17.9. The summed E-state index contributed by atoms with van der Waals surface area (Å²) in [6.45, 7) is 5.93. The van der Waals surface area contributed by atoms with Crippen LogP contribution in [0.4, 0.5) is 30.9 Å². The van der Waals surface area contributed by atoms with Crippen molar-refractivity contribution in [2.24, 2.45) is 0 Å². The molecule has 0 radical (unpaired) electrons.